The van der Waals surface area contributed by atoms with Gasteiger partial charge in [0.05, 0.1) is 31.8 Å². The average Bonchev–Trinajstić information content (AvgIpc) is 2.99. The minimum absolute atomic E-state index is 0.0962. The second-order valence-electron chi connectivity index (χ2n) is 13.1. The molecule has 4 heteroatoms. The molecule has 0 aliphatic heterocycles. The van der Waals surface area contributed by atoms with Crippen LogP contribution in [-0.4, -0.2) is 49.9 Å². The molecule has 0 rings (SSSR count). The molecule has 0 aliphatic carbocycles. The molecule has 2 N–H and O–H groups in total. The second kappa shape index (κ2) is 34.3. The Hall–Kier alpha value is -0.160. The Morgan fingerprint density at radius 3 is 0.780 bits per heavy atom. The molecule has 4 nitrogen and oxygen atoms in total. The Labute approximate surface area is 258 Å². The highest BCUT2D eigenvalue weighted by Gasteiger charge is 2.29. The lowest BCUT2D eigenvalue weighted by atomic mass is 9.92. The van der Waals surface area contributed by atoms with Crippen LogP contribution < -0.4 is 0 Å². The van der Waals surface area contributed by atoms with Crippen molar-refractivity contribution in [2.24, 2.45) is 5.41 Å². The molecule has 0 atom stereocenters. The standard InChI is InChI=1S/C37H76O4/c1-3-5-7-9-11-13-15-17-19-21-23-25-27-29-31-40-35-37(33-38,34-39)36-41-32-30-28-26-24-22-20-18-16-14-12-10-8-6-4-2/h38-39H,3-36H2,1-2H3. The van der Waals surface area contributed by atoms with Gasteiger partial charge in [0.25, 0.3) is 0 Å². The molecular formula is C37H76O4. The number of hydrogen-bond donors (Lipinski definition) is 2. The number of rotatable bonds is 36. The van der Waals surface area contributed by atoms with Crippen LogP contribution in [0.5, 0.6) is 0 Å². The van der Waals surface area contributed by atoms with Gasteiger partial charge in [-0.2, -0.15) is 0 Å². The van der Waals surface area contributed by atoms with Crippen molar-refractivity contribution in [1.29, 1.82) is 0 Å². The summed E-state index contributed by atoms with van der Waals surface area (Å²) < 4.78 is 11.7. The molecule has 0 saturated heterocycles. The van der Waals surface area contributed by atoms with Gasteiger partial charge in [0.15, 0.2) is 0 Å². The quantitative estimate of drug-likeness (QED) is 0.0719. The van der Waals surface area contributed by atoms with Crippen LogP contribution in [0.4, 0.5) is 0 Å². The molecule has 0 radical (unpaired) electrons. The Kier molecular flexibility index (Phi) is 34.2. The zero-order chi connectivity index (χ0) is 30.0. The van der Waals surface area contributed by atoms with Crippen LogP contribution >= 0.6 is 0 Å². The van der Waals surface area contributed by atoms with Crippen molar-refractivity contribution >= 4 is 0 Å². The second-order valence-corrected chi connectivity index (χ2v) is 13.1. The van der Waals surface area contributed by atoms with E-state index in [1.807, 2.05) is 0 Å². The van der Waals surface area contributed by atoms with Crippen molar-refractivity contribution < 1.29 is 19.7 Å². The smallest absolute Gasteiger partial charge is 0.0632 e. The Morgan fingerprint density at radius 2 is 0.561 bits per heavy atom. The highest BCUT2D eigenvalue weighted by molar-refractivity contribution is 4.77. The monoisotopic (exact) mass is 585 g/mol. The predicted molar refractivity (Wildman–Crippen MR) is 179 cm³/mol. The third kappa shape index (κ3) is 29.7. The predicted octanol–water partition coefficient (Wildman–Crippen LogP) is 11.0. The first-order valence-electron chi connectivity index (χ1n) is 18.6. The first-order valence-corrected chi connectivity index (χ1v) is 18.6. The molecular weight excluding hydrogens is 508 g/mol. The van der Waals surface area contributed by atoms with E-state index in [2.05, 4.69) is 13.8 Å². The molecule has 0 saturated carbocycles. The van der Waals surface area contributed by atoms with E-state index in [1.54, 1.807) is 0 Å². The van der Waals surface area contributed by atoms with E-state index < -0.39 is 5.41 Å². The van der Waals surface area contributed by atoms with Crippen LogP contribution in [0.15, 0.2) is 0 Å². The molecule has 0 aromatic heterocycles. The molecule has 248 valence electrons. The summed E-state index contributed by atoms with van der Waals surface area (Å²) in [5.41, 5.74) is -0.675. The van der Waals surface area contributed by atoms with Gasteiger partial charge < -0.3 is 19.7 Å². The maximum Gasteiger partial charge on any atom is 0.0632 e. The largest absolute Gasteiger partial charge is 0.396 e. The molecule has 41 heavy (non-hydrogen) atoms. The highest BCUT2D eigenvalue weighted by Crippen LogP contribution is 2.19. The van der Waals surface area contributed by atoms with Crippen molar-refractivity contribution in [2.45, 2.75) is 194 Å². The van der Waals surface area contributed by atoms with E-state index in [0.717, 1.165) is 12.8 Å². The Bertz CT molecular complexity index is 428. The van der Waals surface area contributed by atoms with Gasteiger partial charge >= 0.3 is 0 Å². The normalized spacial score (nSPS) is 12.0. The number of aliphatic hydroxyl groups excluding tert-OH is 2. The van der Waals surface area contributed by atoms with Crippen LogP contribution in [0.3, 0.4) is 0 Å². The van der Waals surface area contributed by atoms with Gasteiger partial charge in [-0.15, -0.1) is 0 Å². The zero-order valence-electron chi connectivity index (χ0n) is 28.3. The number of unbranched alkanes of at least 4 members (excludes halogenated alkanes) is 26. The molecule has 0 aromatic carbocycles. The minimum Gasteiger partial charge on any atom is -0.396 e. The topological polar surface area (TPSA) is 58.9 Å². The van der Waals surface area contributed by atoms with Gasteiger partial charge in [-0.25, -0.2) is 0 Å². The van der Waals surface area contributed by atoms with Crippen molar-refractivity contribution in [3.63, 3.8) is 0 Å². The van der Waals surface area contributed by atoms with E-state index in [1.165, 1.54) is 167 Å². The van der Waals surface area contributed by atoms with Crippen LogP contribution in [0.1, 0.15) is 194 Å². The Morgan fingerprint density at radius 1 is 0.341 bits per heavy atom. The number of ether oxygens (including phenoxy) is 2. The van der Waals surface area contributed by atoms with Crippen LogP contribution in [0, 0.1) is 5.41 Å². The lowest BCUT2D eigenvalue weighted by molar-refractivity contribution is -0.0776. The maximum absolute atomic E-state index is 9.91. The molecule has 0 aromatic rings. The molecule has 0 unspecified atom stereocenters. The Balaban J connectivity index is 3.50. The summed E-state index contributed by atoms with van der Waals surface area (Å²) in [6, 6.07) is 0. The van der Waals surface area contributed by atoms with Crippen molar-refractivity contribution in [2.75, 3.05) is 39.6 Å². The molecule has 0 bridgehead atoms. The zero-order valence-corrected chi connectivity index (χ0v) is 28.3. The van der Waals surface area contributed by atoms with E-state index in [0.29, 0.717) is 26.4 Å². The summed E-state index contributed by atoms with van der Waals surface area (Å²) in [4.78, 5) is 0. The fourth-order valence-corrected chi connectivity index (χ4v) is 5.65. The fraction of sp³-hybridized carbons (Fsp3) is 1.00. The molecule has 0 heterocycles. The summed E-state index contributed by atoms with van der Waals surface area (Å²) in [6.45, 7) is 6.53. The average molecular weight is 585 g/mol. The summed E-state index contributed by atoms with van der Waals surface area (Å²) in [5, 5.41) is 19.8. The molecule has 0 spiro atoms. The van der Waals surface area contributed by atoms with Crippen molar-refractivity contribution in [3.05, 3.63) is 0 Å². The van der Waals surface area contributed by atoms with Gasteiger partial charge in [0.1, 0.15) is 0 Å². The number of aliphatic hydroxyl groups is 2. The molecule has 0 aliphatic rings. The van der Waals surface area contributed by atoms with Crippen LogP contribution in [-0.2, 0) is 9.47 Å². The summed E-state index contributed by atoms with van der Waals surface area (Å²) in [7, 11) is 0. The van der Waals surface area contributed by atoms with Crippen molar-refractivity contribution in [1.82, 2.24) is 0 Å². The third-order valence-corrected chi connectivity index (χ3v) is 8.77. The summed E-state index contributed by atoms with van der Waals surface area (Å²) in [6.07, 6.45) is 37.8. The van der Waals surface area contributed by atoms with Crippen LogP contribution in [0.2, 0.25) is 0 Å². The van der Waals surface area contributed by atoms with E-state index in [-0.39, 0.29) is 13.2 Å². The lowest BCUT2D eigenvalue weighted by Crippen LogP contribution is -2.40. The summed E-state index contributed by atoms with van der Waals surface area (Å²) in [5.74, 6) is 0. The molecule has 0 amide bonds. The summed E-state index contributed by atoms with van der Waals surface area (Å²) >= 11 is 0. The first kappa shape index (κ1) is 40.8. The van der Waals surface area contributed by atoms with Gasteiger partial charge in [0.2, 0.25) is 0 Å². The first-order chi connectivity index (χ1) is 20.2. The van der Waals surface area contributed by atoms with Gasteiger partial charge in [0, 0.05) is 13.2 Å². The minimum atomic E-state index is -0.675. The van der Waals surface area contributed by atoms with Crippen molar-refractivity contribution in [3.8, 4) is 0 Å². The lowest BCUT2D eigenvalue weighted by Gasteiger charge is -2.29. The third-order valence-electron chi connectivity index (χ3n) is 8.77. The number of hydrogen-bond acceptors (Lipinski definition) is 4. The van der Waals surface area contributed by atoms with E-state index in [4.69, 9.17) is 9.47 Å². The SMILES string of the molecule is CCCCCCCCCCCCCCCCOCC(CO)(CO)COCCCCCCCCCCCCCCCC. The van der Waals surface area contributed by atoms with Gasteiger partial charge in [-0.1, -0.05) is 181 Å². The highest BCUT2D eigenvalue weighted by atomic mass is 16.5. The van der Waals surface area contributed by atoms with E-state index >= 15 is 0 Å². The van der Waals surface area contributed by atoms with E-state index in [9.17, 15) is 10.2 Å². The maximum atomic E-state index is 9.91. The van der Waals surface area contributed by atoms with Gasteiger partial charge in [-0.05, 0) is 12.8 Å². The fourth-order valence-electron chi connectivity index (χ4n) is 5.65. The van der Waals surface area contributed by atoms with Crippen LogP contribution in [0.25, 0.3) is 0 Å². The molecule has 0 fully saturated rings. The van der Waals surface area contributed by atoms with Gasteiger partial charge in [-0.3, -0.25) is 0 Å².